The monoisotopic (exact) mass is 329 g/mol. The van der Waals surface area contributed by atoms with Gasteiger partial charge in [0.15, 0.2) is 0 Å². The highest BCUT2D eigenvalue weighted by molar-refractivity contribution is 9.09. The maximum Gasteiger partial charge on any atom is 0.225 e. The van der Waals surface area contributed by atoms with Gasteiger partial charge in [0.2, 0.25) is 5.91 Å². The number of carbonyl (C=O) groups excluding carboxylic acids is 1. The molecule has 2 nitrogen and oxygen atoms in total. The van der Waals surface area contributed by atoms with Crippen LogP contribution < -0.4 is 0 Å². The number of carbonyl (C=O) groups is 1. The third-order valence-electron chi connectivity index (χ3n) is 4.76. The van der Waals surface area contributed by atoms with Crippen LogP contribution in [-0.4, -0.2) is 28.7 Å². The molecule has 0 atom stereocenters. The van der Waals surface area contributed by atoms with Crippen molar-refractivity contribution in [3.63, 3.8) is 0 Å². The second-order valence-electron chi connectivity index (χ2n) is 6.31. The summed E-state index contributed by atoms with van der Waals surface area (Å²) in [6.45, 7) is 3.17. The molecule has 2 fully saturated rings. The lowest BCUT2D eigenvalue weighted by atomic mass is 9.79. The van der Waals surface area contributed by atoms with Gasteiger partial charge in [-0.05, 0) is 44.4 Å². The number of unbranched alkanes of at least 4 members (excludes halogenated alkanes) is 1. The number of hydrogen-bond donors (Lipinski definition) is 0. The van der Waals surface area contributed by atoms with Crippen LogP contribution in [0, 0.1) is 11.8 Å². The van der Waals surface area contributed by atoms with E-state index < -0.39 is 0 Å². The summed E-state index contributed by atoms with van der Waals surface area (Å²) in [7, 11) is 0. The molecule has 0 spiro atoms. The van der Waals surface area contributed by atoms with E-state index in [9.17, 15) is 4.79 Å². The maximum absolute atomic E-state index is 12.6. The van der Waals surface area contributed by atoms with E-state index in [1.165, 1.54) is 44.9 Å². The smallest absolute Gasteiger partial charge is 0.225 e. The van der Waals surface area contributed by atoms with E-state index in [0.29, 0.717) is 17.9 Å². The molecular formula is C16H28BrNO. The summed E-state index contributed by atoms with van der Waals surface area (Å²) in [4.78, 5) is 14.8. The molecule has 19 heavy (non-hydrogen) atoms. The molecule has 3 heteroatoms. The molecule has 0 aromatic rings. The second kappa shape index (κ2) is 7.66. The van der Waals surface area contributed by atoms with Crippen molar-refractivity contribution in [1.82, 2.24) is 4.90 Å². The second-order valence-corrected chi connectivity index (χ2v) is 7.10. The zero-order valence-corrected chi connectivity index (χ0v) is 13.8. The molecule has 0 heterocycles. The minimum absolute atomic E-state index is 0.331. The first-order valence-electron chi connectivity index (χ1n) is 8.12. The SMILES string of the molecule is CCCCC1CCC(C(=O)N(CCBr)C2CC2)CC1. The Labute approximate surface area is 126 Å². The highest BCUT2D eigenvalue weighted by atomic mass is 79.9. The van der Waals surface area contributed by atoms with Crippen LogP contribution in [0.1, 0.15) is 64.7 Å². The molecule has 1 amide bonds. The molecule has 0 aliphatic heterocycles. The molecule has 0 aromatic heterocycles. The first kappa shape index (κ1) is 15.3. The summed E-state index contributed by atoms with van der Waals surface area (Å²) >= 11 is 3.48. The first-order chi connectivity index (χ1) is 9.26. The Morgan fingerprint density at radius 3 is 2.37 bits per heavy atom. The summed E-state index contributed by atoms with van der Waals surface area (Å²) in [6, 6.07) is 0.572. The van der Waals surface area contributed by atoms with Crippen LogP contribution in [0.2, 0.25) is 0 Å². The Bertz CT molecular complexity index is 282. The number of halogens is 1. The van der Waals surface area contributed by atoms with Gasteiger partial charge in [-0.25, -0.2) is 0 Å². The molecule has 0 bridgehead atoms. The van der Waals surface area contributed by atoms with Crippen molar-refractivity contribution in [3.8, 4) is 0 Å². The quantitative estimate of drug-likeness (QED) is 0.635. The summed E-state index contributed by atoms with van der Waals surface area (Å²) in [5.74, 6) is 1.68. The molecule has 2 aliphatic carbocycles. The van der Waals surface area contributed by atoms with Crippen molar-refractivity contribution >= 4 is 21.8 Å². The average molecular weight is 330 g/mol. The van der Waals surface area contributed by atoms with Gasteiger partial charge in [0.1, 0.15) is 0 Å². The lowest BCUT2D eigenvalue weighted by molar-refractivity contribution is -0.137. The van der Waals surface area contributed by atoms with E-state index in [1.807, 2.05) is 0 Å². The van der Waals surface area contributed by atoms with Crippen molar-refractivity contribution in [1.29, 1.82) is 0 Å². The number of alkyl halides is 1. The van der Waals surface area contributed by atoms with Crippen LogP contribution in [0.15, 0.2) is 0 Å². The zero-order valence-electron chi connectivity index (χ0n) is 12.2. The summed E-state index contributed by atoms with van der Waals surface area (Å²) in [5, 5.41) is 0.918. The lowest BCUT2D eigenvalue weighted by Gasteiger charge is -2.32. The number of nitrogens with zero attached hydrogens (tertiary/aromatic N) is 1. The maximum atomic E-state index is 12.6. The van der Waals surface area contributed by atoms with Crippen molar-refractivity contribution in [2.75, 3.05) is 11.9 Å². The molecule has 0 saturated heterocycles. The van der Waals surface area contributed by atoms with Gasteiger partial charge in [-0.1, -0.05) is 42.1 Å². The van der Waals surface area contributed by atoms with Gasteiger partial charge in [0.25, 0.3) is 0 Å². The van der Waals surface area contributed by atoms with Crippen LogP contribution in [0.3, 0.4) is 0 Å². The van der Waals surface area contributed by atoms with Gasteiger partial charge < -0.3 is 4.90 Å². The van der Waals surface area contributed by atoms with Crippen molar-refractivity contribution < 1.29 is 4.79 Å². The van der Waals surface area contributed by atoms with Gasteiger partial charge in [-0.3, -0.25) is 4.79 Å². The van der Waals surface area contributed by atoms with Gasteiger partial charge >= 0.3 is 0 Å². The minimum atomic E-state index is 0.331. The molecule has 2 rings (SSSR count). The summed E-state index contributed by atoms with van der Waals surface area (Å²) in [6.07, 6.45) is 11.3. The molecule has 0 N–H and O–H groups in total. The molecule has 2 saturated carbocycles. The Morgan fingerprint density at radius 1 is 1.16 bits per heavy atom. The fourth-order valence-electron chi connectivity index (χ4n) is 3.38. The van der Waals surface area contributed by atoms with Crippen LogP contribution in [0.25, 0.3) is 0 Å². The van der Waals surface area contributed by atoms with Gasteiger partial charge in [-0.15, -0.1) is 0 Å². The fourth-order valence-corrected chi connectivity index (χ4v) is 3.76. The molecular weight excluding hydrogens is 302 g/mol. The Hall–Kier alpha value is -0.0500. The summed E-state index contributed by atoms with van der Waals surface area (Å²) in [5.41, 5.74) is 0. The molecule has 0 aromatic carbocycles. The van der Waals surface area contributed by atoms with E-state index in [0.717, 1.165) is 30.6 Å². The normalized spacial score (nSPS) is 27.3. The number of rotatable bonds is 7. The average Bonchev–Trinajstić information content (AvgIpc) is 3.27. The van der Waals surface area contributed by atoms with Crippen LogP contribution in [0.5, 0.6) is 0 Å². The zero-order chi connectivity index (χ0) is 13.7. The Kier molecular flexibility index (Phi) is 6.18. The summed E-state index contributed by atoms with van der Waals surface area (Å²) < 4.78 is 0. The predicted octanol–water partition coefficient (Wildman–Crippen LogP) is 4.37. The third-order valence-corrected chi connectivity index (χ3v) is 5.11. The van der Waals surface area contributed by atoms with E-state index in [1.54, 1.807) is 0 Å². The molecule has 2 aliphatic rings. The molecule has 0 unspecified atom stereocenters. The van der Waals surface area contributed by atoms with Crippen LogP contribution >= 0.6 is 15.9 Å². The van der Waals surface area contributed by atoms with Crippen LogP contribution in [-0.2, 0) is 4.79 Å². The molecule has 110 valence electrons. The van der Waals surface area contributed by atoms with E-state index in [2.05, 4.69) is 27.8 Å². The first-order valence-corrected chi connectivity index (χ1v) is 9.24. The van der Waals surface area contributed by atoms with E-state index in [4.69, 9.17) is 0 Å². The number of hydrogen-bond acceptors (Lipinski definition) is 1. The topological polar surface area (TPSA) is 20.3 Å². The largest absolute Gasteiger partial charge is 0.339 e. The Morgan fingerprint density at radius 2 is 1.84 bits per heavy atom. The Balaban J connectivity index is 1.77. The predicted molar refractivity (Wildman–Crippen MR) is 83.5 cm³/mol. The van der Waals surface area contributed by atoms with Crippen molar-refractivity contribution in [2.45, 2.75) is 70.8 Å². The molecule has 0 radical (unpaired) electrons. The lowest BCUT2D eigenvalue weighted by Crippen LogP contribution is -2.40. The van der Waals surface area contributed by atoms with Gasteiger partial charge in [-0.2, -0.15) is 0 Å². The fraction of sp³-hybridized carbons (Fsp3) is 0.938. The third kappa shape index (κ3) is 4.47. The van der Waals surface area contributed by atoms with Crippen molar-refractivity contribution in [2.24, 2.45) is 11.8 Å². The van der Waals surface area contributed by atoms with E-state index >= 15 is 0 Å². The minimum Gasteiger partial charge on any atom is -0.339 e. The van der Waals surface area contributed by atoms with Gasteiger partial charge in [0.05, 0.1) is 0 Å². The number of amides is 1. The van der Waals surface area contributed by atoms with Crippen molar-refractivity contribution in [3.05, 3.63) is 0 Å². The van der Waals surface area contributed by atoms with Crippen LogP contribution in [0.4, 0.5) is 0 Å². The van der Waals surface area contributed by atoms with E-state index in [-0.39, 0.29) is 0 Å². The highest BCUT2D eigenvalue weighted by Crippen LogP contribution is 2.35. The highest BCUT2D eigenvalue weighted by Gasteiger charge is 2.36. The van der Waals surface area contributed by atoms with Gasteiger partial charge in [0, 0.05) is 23.8 Å². The standard InChI is InChI=1S/C16H28BrNO/c1-2-3-4-13-5-7-14(8-6-13)16(19)18(12-11-17)15-9-10-15/h13-15H,2-12H2,1H3.